The van der Waals surface area contributed by atoms with Crippen molar-refractivity contribution in [3.63, 3.8) is 0 Å². The molecule has 0 aliphatic rings. The highest BCUT2D eigenvalue weighted by molar-refractivity contribution is 5.80. The molecule has 1 N–H and O–H groups in total. The van der Waals surface area contributed by atoms with Gasteiger partial charge < -0.3 is 5.32 Å². The molecule has 0 radical (unpaired) electrons. The topological polar surface area (TPSA) is 67.8 Å². The van der Waals surface area contributed by atoms with Crippen LogP contribution in [-0.4, -0.2) is 20.9 Å². The minimum atomic E-state index is -0.340. The van der Waals surface area contributed by atoms with Gasteiger partial charge in [0.1, 0.15) is 11.6 Å². The highest BCUT2D eigenvalue weighted by atomic mass is 19.1. The van der Waals surface area contributed by atoms with Crippen LogP contribution in [0.15, 0.2) is 79.3 Å². The largest absolute Gasteiger partial charge is 0.352 e. The van der Waals surface area contributed by atoms with Crippen LogP contribution in [0.2, 0.25) is 0 Å². The maximum Gasteiger partial charge on any atom is 0.224 e. The molecular weight excluding hydrogens is 415 g/mol. The average Bonchev–Trinajstić information content (AvgIpc) is 2.83. The van der Waals surface area contributed by atoms with Gasteiger partial charge in [0, 0.05) is 42.2 Å². The van der Waals surface area contributed by atoms with Crippen molar-refractivity contribution in [1.82, 2.24) is 20.3 Å². The predicted molar refractivity (Wildman–Crippen MR) is 127 cm³/mol. The number of carbonyl (C=O) groups is 1. The Balaban J connectivity index is 1.50. The molecule has 5 nitrogen and oxygen atoms in total. The predicted octanol–water partition coefficient (Wildman–Crippen LogP) is 5.33. The van der Waals surface area contributed by atoms with Gasteiger partial charge in [-0.3, -0.25) is 9.78 Å². The third kappa shape index (κ3) is 5.66. The first kappa shape index (κ1) is 22.3. The number of hydrogen-bond acceptors (Lipinski definition) is 4. The Kier molecular flexibility index (Phi) is 6.83. The molecule has 0 saturated heterocycles. The molecule has 0 aliphatic carbocycles. The van der Waals surface area contributed by atoms with Crippen LogP contribution in [0.3, 0.4) is 0 Å². The lowest BCUT2D eigenvalue weighted by Gasteiger charge is -2.13. The Bertz CT molecular complexity index is 1240. The third-order valence-electron chi connectivity index (χ3n) is 5.29. The van der Waals surface area contributed by atoms with E-state index in [1.54, 1.807) is 24.5 Å². The highest BCUT2D eigenvalue weighted by Gasteiger charge is 2.13. The van der Waals surface area contributed by atoms with E-state index in [0.717, 1.165) is 33.8 Å². The van der Waals surface area contributed by atoms with Crippen LogP contribution in [-0.2, 0) is 17.8 Å². The summed E-state index contributed by atoms with van der Waals surface area (Å²) in [5.41, 5.74) is 5.40. The maximum atomic E-state index is 13.3. The zero-order valence-electron chi connectivity index (χ0n) is 18.6. The highest BCUT2D eigenvalue weighted by Crippen LogP contribution is 2.31. The molecule has 0 fully saturated rings. The van der Waals surface area contributed by atoms with Gasteiger partial charge in [-0.1, -0.05) is 50.2 Å². The zero-order chi connectivity index (χ0) is 23.2. The number of benzene rings is 2. The quantitative estimate of drug-likeness (QED) is 0.422. The monoisotopic (exact) mass is 440 g/mol. The molecule has 0 atom stereocenters. The fourth-order valence-electron chi connectivity index (χ4n) is 3.51. The van der Waals surface area contributed by atoms with E-state index < -0.39 is 0 Å². The molecule has 0 spiro atoms. The van der Waals surface area contributed by atoms with Crippen LogP contribution in [0.25, 0.3) is 22.4 Å². The van der Waals surface area contributed by atoms with E-state index >= 15 is 0 Å². The fourth-order valence-corrected chi connectivity index (χ4v) is 3.51. The van der Waals surface area contributed by atoms with Gasteiger partial charge in [-0.05, 0) is 41.0 Å². The molecular formula is C27H25FN4O. The van der Waals surface area contributed by atoms with Gasteiger partial charge in [-0.25, -0.2) is 14.4 Å². The summed E-state index contributed by atoms with van der Waals surface area (Å²) in [6.07, 6.45) is 5.52. The second-order valence-corrected chi connectivity index (χ2v) is 8.16. The van der Waals surface area contributed by atoms with E-state index in [0.29, 0.717) is 12.1 Å². The Morgan fingerprint density at radius 3 is 2.42 bits per heavy atom. The van der Waals surface area contributed by atoms with Gasteiger partial charge in [0.2, 0.25) is 5.91 Å². The second-order valence-electron chi connectivity index (χ2n) is 8.16. The van der Waals surface area contributed by atoms with Gasteiger partial charge in [-0.15, -0.1) is 0 Å². The molecule has 0 unspecified atom stereocenters. The molecule has 1 amide bonds. The van der Waals surface area contributed by atoms with Gasteiger partial charge in [0.15, 0.2) is 0 Å². The van der Waals surface area contributed by atoms with Crippen LogP contribution >= 0.6 is 0 Å². The molecule has 2 aromatic carbocycles. The fraction of sp³-hybridized carbons (Fsp3) is 0.185. The van der Waals surface area contributed by atoms with Crippen molar-refractivity contribution in [2.45, 2.75) is 32.7 Å². The van der Waals surface area contributed by atoms with Crippen LogP contribution in [0.1, 0.15) is 36.7 Å². The number of aromatic nitrogens is 3. The summed E-state index contributed by atoms with van der Waals surface area (Å²) >= 11 is 0. The van der Waals surface area contributed by atoms with E-state index in [9.17, 15) is 9.18 Å². The summed E-state index contributed by atoms with van der Waals surface area (Å²) in [5, 5.41) is 2.89. The summed E-state index contributed by atoms with van der Waals surface area (Å²) in [6.45, 7) is 4.54. The van der Waals surface area contributed by atoms with E-state index in [2.05, 4.69) is 29.1 Å². The van der Waals surface area contributed by atoms with Gasteiger partial charge in [0.25, 0.3) is 0 Å². The Labute approximate surface area is 192 Å². The van der Waals surface area contributed by atoms with Gasteiger partial charge in [-0.2, -0.15) is 0 Å². The van der Waals surface area contributed by atoms with Crippen molar-refractivity contribution in [3.05, 3.63) is 102 Å². The van der Waals surface area contributed by atoms with Crippen LogP contribution in [0.4, 0.5) is 4.39 Å². The summed E-state index contributed by atoms with van der Waals surface area (Å²) in [5.74, 6) is 0.508. The molecule has 0 aliphatic heterocycles. The molecule has 6 heteroatoms. The smallest absolute Gasteiger partial charge is 0.224 e. The minimum absolute atomic E-state index is 0.143. The second kappa shape index (κ2) is 10.1. The van der Waals surface area contributed by atoms with Crippen molar-refractivity contribution in [2.24, 2.45) is 0 Å². The Morgan fingerprint density at radius 2 is 1.73 bits per heavy atom. The van der Waals surface area contributed by atoms with E-state index in [1.807, 2.05) is 42.6 Å². The van der Waals surface area contributed by atoms with E-state index in [-0.39, 0.29) is 24.1 Å². The van der Waals surface area contributed by atoms with Crippen LogP contribution in [0.5, 0.6) is 0 Å². The van der Waals surface area contributed by atoms with Crippen LogP contribution < -0.4 is 5.32 Å². The Morgan fingerprint density at radius 1 is 0.970 bits per heavy atom. The SMILES string of the molecule is CC(C)c1ncc(-c2ccncc2)c(-c2ccc(CNC(=O)Cc3cccc(F)c3)cc2)n1. The van der Waals surface area contributed by atoms with Gasteiger partial charge in [0.05, 0.1) is 12.1 Å². The number of hydrogen-bond donors (Lipinski definition) is 1. The summed E-state index contributed by atoms with van der Waals surface area (Å²) < 4.78 is 13.3. The third-order valence-corrected chi connectivity index (χ3v) is 5.29. The van der Waals surface area contributed by atoms with Crippen molar-refractivity contribution >= 4 is 5.91 Å². The number of rotatable bonds is 7. The molecule has 4 aromatic rings. The first-order valence-electron chi connectivity index (χ1n) is 10.9. The van der Waals surface area contributed by atoms with Crippen molar-refractivity contribution in [3.8, 4) is 22.4 Å². The lowest BCUT2D eigenvalue weighted by molar-refractivity contribution is -0.120. The molecule has 33 heavy (non-hydrogen) atoms. The maximum absolute atomic E-state index is 13.3. The summed E-state index contributed by atoms with van der Waals surface area (Å²) in [4.78, 5) is 25.7. The normalized spacial score (nSPS) is 10.9. The van der Waals surface area contributed by atoms with Gasteiger partial charge >= 0.3 is 0 Å². The Hall–Kier alpha value is -3.93. The molecule has 0 bridgehead atoms. The molecule has 2 aromatic heterocycles. The minimum Gasteiger partial charge on any atom is -0.352 e. The molecule has 166 valence electrons. The first-order valence-corrected chi connectivity index (χ1v) is 10.9. The lowest BCUT2D eigenvalue weighted by atomic mass is 10.00. The summed E-state index contributed by atoms with van der Waals surface area (Å²) in [6, 6.07) is 17.9. The molecule has 0 saturated carbocycles. The number of amides is 1. The first-order chi connectivity index (χ1) is 16.0. The van der Waals surface area contributed by atoms with Crippen molar-refractivity contribution in [2.75, 3.05) is 0 Å². The van der Waals surface area contributed by atoms with Crippen molar-refractivity contribution < 1.29 is 9.18 Å². The van der Waals surface area contributed by atoms with Crippen LogP contribution in [0, 0.1) is 5.82 Å². The summed E-state index contributed by atoms with van der Waals surface area (Å²) in [7, 11) is 0. The zero-order valence-corrected chi connectivity index (χ0v) is 18.6. The van der Waals surface area contributed by atoms with E-state index in [1.165, 1.54) is 12.1 Å². The number of nitrogens with zero attached hydrogens (tertiary/aromatic N) is 3. The molecule has 2 heterocycles. The standard InChI is InChI=1S/C27H25FN4O/c1-18(2)27-31-17-24(21-10-12-29-13-11-21)26(32-27)22-8-6-19(7-9-22)16-30-25(33)15-20-4-3-5-23(28)14-20/h3-14,17-18H,15-16H2,1-2H3,(H,30,33). The lowest BCUT2D eigenvalue weighted by Crippen LogP contribution is -2.24. The number of carbonyl (C=O) groups excluding carboxylic acids is 1. The van der Waals surface area contributed by atoms with E-state index in [4.69, 9.17) is 4.98 Å². The molecule has 4 rings (SSSR count). The van der Waals surface area contributed by atoms with Crippen molar-refractivity contribution in [1.29, 1.82) is 0 Å². The average molecular weight is 441 g/mol. The number of nitrogens with one attached hydrogen (secondary N) is 1. The number of pyridine rings is 1. The number of halogens is 1.